The van der Waals surface area contributed by atoms with Crippen molar-refractivity contribution in [1.29, 1.82) is 0 Å². The molecule has 3 unspecified atom stereocenters. The second kappa shape index (κ2) is 26.7. The van der Waals surface area contributed by atoms with Gasteiger partial charge < -0.3 is 61.1 Å². The van der Waals surface area contributed by atoms with Crippen LogP contribution >= 0.6 is 11.3 Å². The number of carbonyl (C=O) groups is 2. The van der Waals surface area contributed by atoms with Crippen LogP contribution in [0.15, 0.2) is 91.3 Å². The van der Waals surface area contributed by atoms with E-state index in [1.807, 2.05) is 18.2 Å². The van der Waals surface area contributed by atoms with Crippen LogP contribution in [-0.4, -0.2) is 118 Å². The zero-order valence-electron chi connectivity index (χ0n) is 44.7. The second-order valence-electron chi connectivity index (χ2n) is 20.9. The fourth-order valence-electron chi connectivity index (χ4n) is 10.1. The molecule has 2 saturated carbocycles. The van der Waals surface area contributed by atoms with Crippen molar-refractivity contribution in [3.63, 3.8) is 0 Å². The molecule has 420 valence electrons. The van der Waals surface area contributed by atoms with Gasteiger partial charge in [0.25, 0.3) is 11.8 Å². The Morgan fingerprint density at radius 1 is 0.646 bits per heavy atom. The molecule has 3 aromatic heterocycles. The van der Waals surface area contributed by atoms with E-state index in [-0.39, 0.29) is 40.8 Å². The van der Waals surface area contributed by atoms with Crippen molar-refractivity contribution in [3.8, 4) is 11.5 Å². The van der Waals surface area contributed by atoms with E-state index in [4.69, 9.17) is 18.9 Å². The molecule has 0 aliphatic heterocycles. The van der Waals surface area contributed by atoms with Crippen LogP contribution in [0.3, 0.4) is 0 Å². The summed E-state index contributed by atoms with van der Waals surface area (Å²) in [5, 5.41) is 41.0. The number of fused-ring (bicyclic) bond motifs is 1. The van der Waals surface area contributed by atoms with E-state index in [1.54, 1.807) is 67.8 Å². The third kappa shape index (κ3) is 15.2. The second-order valence-corrected chi connectivity index (χ2v) is 22.0. The Bertz CT molecular complexity index is 2950. The molecule has 0 saturated heterocycles. The lowest BCUT2D eigenvalue weighted by Crippen LogP contribution is -2.53. The third-order valence-corrected chi connectivity index (χ3v) is 16.0. The predicted molar refractivity (Wildman–Crippen MR) is 299 cm³/mol. The van der Waals surface area contributed by atoms with Gasteiger partial charge in [0, 0.05) is 35.5 Å². The number of thiophene rings is 1. The lowest BCUT2D eigenvalue weighted by molar-refractivity contribution is 0.0655. The molecular formula is C58H70F2N10O8S. The molecule has 2 amide bonds. The molecule has 0 radical (unpaired) electrons. The molecule has 79 heavy (non-hydrogen) atoms. The average molecular weight is 1110 g/mol. The first-order chi connectivity index (χ1) is 38.3. The van der Waals surface area contributed by atoms with Crippen molar-refractivity contribution in [3.05, 3.63) is 129 Å². The Kier molecular flexibility index (Phi) is 19.2. The van der Waals surface area contributed by atoms with Gasteiger partial charge in [0.05, 0.1) is 66.9 Å². The van der Waals surface area contributed by atoms with Crippen LogP contribution in [0.2, 0.25) is 0 Å². The number of aryl methyl sites for hydroxylation is 2. The van der Waals surface area contributed by atoms with Gasteiger partial charge in [-0.15, -0.1) is 11.3 Å². The zero-order valence-corrected chi connectivity index (χ0v) is 45.6. The van der Waals surface area contributed by atoms with Crippen molar-refractivity contribution >= 4 is 58.1 Å². The fourth-order valence-corrected chi connectivity index (χ4v) is 11.3. The number of amides is 2. The smallest absolute Gasteiger partial charge is 0.261 e. The van der Waals surface area contributed by atoms with Gasteiger partial charge >= 0.3 is 0 Å². The summed E-state index contributed by atoms with van der Waals surface area (Å²) in [6.45, 7) is 6.30. The minimum absolute atomic E-state index is 0.0441. The van der Waals surface area contributed by atoms with Gasteiger partial charge in [-0.05, 0) is 154 Å². The van der Waals surface area contributed by atoms with E-state index in [2.05, 4.69) is 65.7 Å². The number of rotatable bonds is 24. The highest BCUT2D eigenvalue weighted by atomic mass is 32.1. The standard InChI is InChI=1S/C58H70F2N10O8S/c1-58(2,37-16-14-35(15-17-37)54(73)67-46-11-6-9-44(50(46)71)65-52-42(59)33-61-56(69-52)63-38-18-22-40(23-19-38)77-30-28-75-3)26-27-76-29-31-78-41-24-20-39(21-25-41)64-57-62-34-43(60)53(70-57)66-45-10-7-12-47(51(45)72)68-55(74)49-32-36-8-4-5-13-48(36)79-49/h14-25,32-34,44-47,50-51,71-72H,4-13,26-31H2,1-3H3,(H,67,73)(H,68,74)(H2,61,63,65,69)(H2,62,64,66,70)/t44-,45?,46-,47?,50-,51?/m0/s1. The van der Waals surface area contributed by atoms with Gasteiger partial charge in [0.2, 0.25) is 11.9 Å². The molecule has 0 spiro atoms. The number of carbonyl (C=O) groups excluding carboxylic acids is 2. The van der Waals surface area contributed by atoms with Crippen LogP contribution in [-0.2, 0) is 27.7 Å². The SMILES string of the molecule is COCCOc1ccc(Nc2ncc(F)c(N[C@H]3CCC[C@H](NC(=O)c4ccc(C(C)(C)CCOCCOc5ccc(Nc6ncc(F)c(NC7CCCC(NC(=O)c8cc9c(s8)CCCC9)C7O)n6)cc5)cc4)[C@H]3O)n2)cc1. The first-order valence-electron chi connectivity index (χ1n) is 27.1. The minimum Gasteiger partial charge on any atom is -0.491 e. The van der Waals surface area contributed by atoms with Crippen molar-refractivity contribution in [1.82, 2.24) is 30.6 Å². The molecule has 3 heterocycles. The van der Waals surface area contributed by atoms with Crippen molar-refractivity contribution in [2.45, 2.75) is 126 Å². The quantitative estimate of drug-likeness (QED) is 0.0264. The van der Waals surface area contributed by atoms with Crippen molar-refractivity contribution in [2.75, 3.05) is 61.4 Å². The van der Waals surface area contributed by atoms with Gasteiger partial charge in [-0.2, -0.15) is 9.97 Å². The lowest BCUT2D eigenvalue weighted by atomic mass is 9.81. The third-order valence-electron chi connectivity index (χ3n) is 14.8. The lowest BCUT2D eigenvalue weighted by Gasteiger charge is -2.36. The van der Waals surface area contributed by atoms with Gasteiger partial charge in [-0.3, -0.25) is 9.59 Å². The summed E-state index contributed by atoms with van der Waals surface area (Å²) in [6.07, 6.45) is 8.92. The average Bonchev–Trinajstić information content (AvgIpc) is 3.92. The van der Waals surface area contributed by atoms with E-state index in [9.17, 15) is 24.2 Å². The van der Waals surface area contributed by atoms with Crippen molar-refractivity contribution in [2.24, 2.45) is 0 Å². The summed E-state index contributed by atoms with van der Waals surface area (Å²) >= 11 is 1.54. The van der Waals surface area contributed by atoms with Crippen LogP contribution in [0.1, 0.15) is 108 Å². The Balaban J connectivity index is 0.674. The molecule has 8 N–H and O–H groups in total. The first kappa shape index (κ1) is 56.7. The molecule has 0 bridgehead atoms. The topological polar surface area (TPSA) is 235 Å². The van der Waals surface area contributed by atoms with Crippen LogP contribution in [0.4, 0.5) is 43.7 Å². The maximum absolute atomic E-state index is 15.0. The number of benzene rings is 3. The summed E-state index contributed by atoms with van der Waals surface area (Å²) < 4.78 is 52.5. The van der Waals surface area contributed by atoms with E-state index in [1.165, 1.54) is 21.8 Å². The number of hydrogen-bond acceptors (Lipinski definition) is 17. The van der Waals surface area contributed by atoms with Gasteiger partial charge in [-0.25, -0.2) is 18.7 Å². The number of aliphatic hydroxyl groups excluding tert-OH is 2. The largest absolute Gasteiger partial charge is 0.491 e. The monoisotopic (exact) mass is 1100 g/mol. The fraction of sp³-hybridized carbons (Fsp3) is 0.448. The van der Waals surface area contributed by atoms with Gasteiger partial charge in [-0.1, -0.05) is 26.0 Å². The van der Waals surface area contributed by atoms with Crippen LogP contribution in [0.5, 0.6) is 11.5 Å². The number of nitrogens with one attached hydrogen (secondary N) is 6. The Morgan fingerprint density at radius 2 is 1.16 bits per heavy atom. The first-order valence-corrected chi connectivity index (χ1v) is 27.9. The molecule has 3 aromatic carbocycles. The molecular weight excluding hydrogens is 1030 g/mol. The van der Waals surface area contributed by atoms with Crippen LogP contribution in [0, 0.1) is 11.6 Å². The van der Waals surface area contributed by atoms with E-state index < -0.39 is 48.0 Å². The summed E-state index contributed by atoms with van der Waals surface area (Å²) in [5.74, 6) is -0.287. The number of hydrogen-bond donors (Lipinski definition) is 8. The van der Waals surface area contributed by atoms with Gasteiger partial charge in [0.1, 0.15) is 24.7 Å². The highest BCUT2D eigenvalue weighted by Gasteiger charge is 2.36. The zero-order chi connectivity index (χ0) is 55.3. The summed E-state index contributed by atoms with van der Waals surface area (Å²) in [5.41, 5.74) is 3.81. The maximum atomic E-state index is 15.0. The number of nitrogens with zero attached hydrogens (tertiary/aromatic N) is 4. The number of ether oxygens (including phenoxy) is 4. The molecule has 21 heteroatoms. The van der Waals surface area contributed by atoms with E-state index >= 15 is 4.39 Å². The molecule has 9 rings (SSSR count). The molecule has 6 aromatic rings. The minimum atomic E-state index is -1.01. The number of methoxy groups -OCH3 is 1. The molecule has 3 aliphatic carbocycles. The Morgan fingerprint density at radius 3 is 1.71 bits per heavy atom. The molecule has 3 aliphatic rings. The number of anilines is 6. The number of aromatic nitrogens is 4. The van der Waals surface area contributed by atoms with E-state index in [0.717, 1.165) is 50.1 Å². The maximum Gasteiger partial charge on any atom is 0.261 e. The molecule has 2 fully saturated rings. The highest BCUT2D eigenvalue weighted by Crippen LogP contribution is 2.32. The van der Waals surface area contributed by atoms with Gasteiger partial charge in [0.15, 0.2) is 23.3 Å². The number of aliphatic hydroxyl groups is 2. The Labute approximate surface area is 462 Å². The molecule has 6 atom stereocenters. The highest BCUT2D eigenvalue weighted by molar-refractivity contribution is 7.14. The normalized spacial score (nSPS) is 20.1. The van der Waals surface area contributed by atoms with E-state index in [0.29, 0.717) is 105 Å². The predicted octanol–water partition coefficient (Wildman–Crippen LogP) is 9.01. The molecule has 18 nitrogen and oxygen atoms in total. The summed E-state index contributed by atoms with van der Waals surface area (Å²) in [4.78, 5) is 45.5. The van der Waals surface area contributed by atoms with Crippen LogP contribution < -0.4 is 41.4 Å². The Hall–Kier alpha value is -7.04. The van der Waals surface area contributed by atoms with Crippen molar-refractivity contribution < 1.29 is 47.5 Å². The summed E-state index contributed by atoms with van der Waals surface area (Å²) in [7, 11) is 1.61. The summed E-state index contributed by atoms with van der Waals surface area (Å²) in [6, 6.07) is 21.6. The number of halogens is 2. The van der Waals surface area contributed by atoms with Crippen LogP contribution in [0.25, 0.3) is 0 Å².